The maximum atomic E-state index is 5.64. The second-order valence-electron chi connectivity index (χ2n) is 5.05. The van der Waals surface area contributed by atoms with Crippen molar-refractivity contribution in [1.82, 2.24) is 15.1 Å². The van der Waals surface area contributed by atoms with Gasteiger partial charge in [-0.3, -0.25) is 0 Å². The minimum atomic E-state index is -0.273. The highest BCUT2D eigenvalue weighted by atomic mass is 16.5. The second-order valence-corrected chi connectivity index (χ2v) is 5.05. The highest BCUT2D eigenvalue weighted by molar-refractivity contribution is 5.51. The minimum absolute atomic E-state index is 0.273. The fourth-order valence-corrected chi connectivity index (χ4v) is 1.44. The molecule has 0 saturated heterocycles. The zero-order chi connectivity index (χ0) is 13.9. The molecule has 0 amide bonds. The van der Waals surface area contributed by atoms with Crippen molar-refractivity contribution in [3.05, 3.63) is 24.2 Å². The lowest BCUT2D eigenvalue weighted by atomic mass is 10.2. The number of hydrogen-bond acceptors (Lipinski definition) is 6. The predicted molar refractivity (Wildman–Crippen MR) is 68.6 cm³/mol. The van der Waals surface area contributed by atoms with E-state index in [9.17, 15) is 0 Å². The topological polar surface area (TPSA) is 70.3 Å². The van der Waals surface area contributed by atoms with E-state index in [1.807, 2.05) is 26.8 Å². The Morgan fingerprint density at radius 1 is 1.26 bits per heavy atom. The third kappa shape index (κ3) is 3.75. The molecule has 0 aliphatic rings. The maximum Gasteiger partial charge on any atom is 0.259 e. The number of ether oxygens (including phenoxy) is 2. The summed E-state index contributed by atoms with van der Waals surface area (Å²) in [5, 5.41) is 3.79. The molecule has 0 aromatic carbocycles. The lowest BCUT2D eigenvalue weighted by molar-refractivity contribution is 0.124. The van der Waals surface area contributed by atoms with Crippen LogP contribution < -0.4 is 4.74 Å². The normalized spacial score (nSPS) is 11.6. The van der Waals surface area contributed by atoms with Crippen molar-refractivity contribution in [3.8, 4) is 17.3 Å². The van der Waals surface area contributed by atoms with Gasteiger partial charge in [0.15, 0.2) is 5.82 Å². The largest absolute Gasteiger partial charge is 0.472 e. The van der Waals surface area contributed by atoms with Crippen molar-refractivity contribution in [2.45, 2.75) is 33.0 Å². The van der Waals surface area contributed by atoms with E-state index in [4.69, 9.17) is 14.0 Å². The molecule has 0 aliphatic carbocycles. The summed E-state index contributed by atoms with van der Waals surface area (Å²) < 4.78 is 15.7. The quantitative estimate of drug-likeness (QED) is 0.843. The molecule has 0 saturated carbocycles. The van der Waals surface area contributed by atoms with E-state index >= 15 is 0 Å². The maximum absolute atomic E-state index is 5.64. The monoisotopic (exact) mass is 263 g/mol. The Morgan fingerprint density at radius 2 is 2.05 bits per heavy atom. The number of pyridine rings is 1. The SMILES string of the molecule is COCc1noc(-c2ccc(OC(C)(C)C)nc2)n1. The van der Waals surface area contributed by atoms with Gasteiger partial charge in [-0.05, 0) is 26.8 Å². The Hall–Kier alpha value is -1.95. The van der Waals surface area contributed by atoms with Crippen LogP contribution in [-0.2, 0) is 11.3 Å². The van der Waals surface area contributed by atoms with Crippen LogP contribution in [0.5, 0.6) is 5.88 Å². The summed E-state index contributed by atoms with van der Waals surface area (Å²) in [6.45, 7) is 6.23. The Morgan fingerprint density at radius 3 is 2.63 bits per heavy atom. The first-order valence-corrected chi connectivity index (χ1v) is 5.95. The van der Waals surface area contributed by atoms with Crippen LogP contribution in [0.4, 0.5) is 0 Å². The van der Waals surface area contributed by atoms with E-state index in [2.05, 4.69) is 15.1 Å². The highest BCUT2D eigenvalue weighted by Gasteiger charge is 2.14. The van der Waals surface area contributed by atoms with Gasteiger partial charge in [-0.2, -0.15) is 4.98 Å². The van der Waals surface area contributed by atoms with Gasteiger partial charge < -0.3 is 14.0 Å². The molecular formula is C13H17N3O3. The number of methoxy groups -OCH3 is 1. The van der Waals surface area contributed by atoms with Crippen LogP contribution in [0.25, 0.3) is 11.5 Å². The summed E-state index contributed by atoms with van der Waals surface area (Å²) in [7, 11) is 1.58. The average molecular weight is 263 g/mol. The van der Waals surface area contributed by atoms with Crippen LogP contribution in [0.15, 0.2) is 22.9 Å². The molecule has 19 heavy (non-hydrogen) atoms. The second kappa shape index (κ2) is 5.36. The van der Waals surface area contributed by atoms with Crippen molar-refractivity contribution in [1.29, 1.82) is 0 Å². The third-order valence-electron chi connectivity index (χ3n) is 2.14. The smallest absolute Gasteiger partial charge is 0.259 e. The average Bonchev–Trinajstić information content (AvgIpc) is 2.77. The van der Waals surface area contributed by atoms with Crippen molar-refractivity contribution < 1.29 is 14.0 Å². The van der Waals surface area contributed by atoms with Gasteiger partial charge in [0, 0.05) is 19.4 Å². The molecule has 0 aliphatic heterocycles. The Balaban J connectivity index is 2.13. The van der Waals surface area contributed by atoms with E-state index in [-0.39, 0.29) is 5.60 Å². The zero-order valence-corrected chi connectivity index (χ0v) is 11.5. The summed E-state index contributed by atoms with van der Waals surface area (Å²) in [5.41, 5.74) is 0.473. The molecule has 2 aromatic heterocycles. The van der Waals surface area contributed by atoms with Crippen LogP contribution in [0.3, 0.4) is 0 Å². The van der Waals surface area contributed by atoms with Crippen molar-refractivity contribution in [3.63, 3.8) is 0 Å². The molecule has 0 N–H and O–H groups in total. The molecule has 2 rings (SSSR count). The Labute approximate surface area is 111 Å². The van der Waals surface area contributed by atoms with Crippen LogP contribution in [0.1, 0.15) is 26.6 Å². The molecule has 0 bridgehead atoms. The number of hydrogen-bond donors (Lipinski definition) is 0. The predicted octanol–water partition coefficient (Wildman–Crippen LogP) is 2.46. The van der Waals surface area contributed by atoms with Gasteiger partial charge >= 0.3 is 0 Å². The summed E-state index contributed by atoms with van der Waals surface area (Å²) >= 11 is 0. The van der Waals surface area contributed by atoms with Gasteiger partial charge in [0.1, 0.15) is 12.2 Å². The van der Waals surface area contributed by atoms with Crippen LogP contribution in [-0.4, -0.2) is 27.8 Å². The van der Waals surface area contributed by atoms with Gasteiger partial charge in [0.25, 0.3) is 5.89 Å². The Kier molecular flexibility index (Phi) is 3.80. The van der Waals surface area contributed by atoms with Crippen LogP contribution in [0.2, 0.25) is 0 Å². The molecule has 2 heterocycles. The zero-order valence-electron chi connectivity index (χ0n) is 11.5. The number of rotatable bonds is 4. The van der Waals surface area contributed by atoms with Crippen molar-refractivity contribution >= 4 is 0 Å². The van der Waals surface area contributed by atoms with E-state index in [0.29, 0.717) is 24.2 Å². The molecule has 6 nitrogen and oxygen atoms in total. The Bertz CT molecular complexity index is 529. The van der Waals surface area contributed by atoms with Crippen molar-refractivity contribution in [2.24, 2.45) is 0 Å². The summed E-state index contributed by atoms with van der Waals surface area (Å²) in [6.07, 6.45) is 1.64. The first kappa shape index (κ1) is 13.5. The van der Waals surface area contributed by atoms with E-state index < -0.39 is 0 Å². The minimum Gasteiger partial charge on any atom is -0.472 e. The fraction of sp³-hybridized carbons (Fsp3) is 0.462. The molecule has 0 spiro atoms. The van der Waals surface area contributed by atoms with Crippen LogP contribution >= 0.6 is 0 Å². The fourth-order valence-electron chi connectivity index (χ4n) is 1.44. The summed E-state index contributed by atoms with van der Waals surface area (Å²) in [5.74, 6) is 1.49. The molecule has 0 radical (unpaired) electrons. The molecule has 102 valence electrons. The first-order chi connectivity index (χ1) is 8.98. The van der Waals surface area contributed by atoms with Gasteiger partial charge in [-0.1, -0.05) is 5.16 Å². The third-order valence-corrected chi connectivity index (χ3v) is 2.14. The lowest BCUT2D eigenvalue weighted by Crippen LogP contribution is -2.23. The molecule has 2 aromatic rings. The van der Waals surface area contributed by atoms with Crippen molar-refractivity contribution in [2.75, 3.05) is 7.11 Å². The highest BCUT2D eigenvalue weighted by Crippen LogP contribution is 2.20. The summed E-state index contributed by atoms with van der Waals surface area (Å²) in [6, 6.07) is 3.61. The van der Waals surface area contributed by atoms with E-state index in [1.165, 1.54) is 0 Å². The standard InChI is InChI=1S/C13H17N3O3/c1-13(2,3)18-11-6-5-9(7-14-11)12-15-10(8-17-4)16-19-12/h5-7H,8H2,1-4H3. The number of aromatic nitrogens is 3. The van der Waals surface area contributed by atoms with Gasteiger partial charge in [-0.25, -0.2) is 4.98 Å². The lowest BCUT2D eigenvalue weighted by Gasteiger charge is -2.19. The van der Waals surface area contributed by atoms with E-state index in [1.54, 1.807) is 19.4 Å². The van der Waals surface area contributed by atoms with Gasteiger partial charge in [0.05, 0.1) is 5.56 Å². The summed E-state index contributed by atoms with van der Waals surface area (Å²) in [4.78, 5) is 8.41. The molecule has 0 unspecified atom stereocenters. The van der Waals surface area contributed by atoms with Gasteiger partial charge in [0.2, 0.25) is 5.88 Å². The number of nitrogens with zero attached hydrogens (tertiary/aromatic N) is 3. The molecule has 0 fully saturated rings. The van der Waals surface area contributed by atoms with E-state index in [0.717, 1.165) is 5.56 Å². The molecular weight excluding hydrogens is 246 g/mol. The van der Waals surface area contributed by atoms with Crippen LogP contribution in [0, 0.1) is 0 Å². The van der Waals surface area contributed by atoms with Gasteiger partial charge in [-0.15, -0.1) is 0 Å². The first-order valence-electron chi connectivity index (χ1n) is 5.95. The molecule has 0 atom stereocenters. The molecule has 6 heteroatoms.